The monoisotopic (exact) mass is 498 g/mol. The van der Waals surface area contributed by atoms with E-state index in [0.29, 0.717) is 32.7 Å². The molecule has 0 atom stereocenters. The zero-order valence-electron chi connectivity index (χ0n) is 16.6. The predicted molar refractivity (Wildman–Crippen MR) is 125 cm³/mol. The maximum atomic E-state index is 13.2. The summed E-state index contributed by atoms with van der Waals surface area (Å²) >= 11 is 4.74. The van der Waals surface area contributed by atoms with Gasteiger partial charge in [-0.15, -0.1) is 0 Å². The van der Waals surface area contributed by atoms with Crippen LogP contribution in [0.1, 0.15) is 18.2 Å². The zero-order valence-corrected chi connectivity index (χ0v) is 19.0. The van der Waals surface area contributed by atoms with E-state index in [4.69, 9.17) is 9.15 Å². The summed E-state index contributed by atoms with van der Waals surface area (Å²) in [7, 11) is 0. The van der Waals surface area contributed by atoms with Crippen molar-refractivity contribution in [3.8, 4) is 11.5 Å². The second-order valence-corrected chi connectivity index (χ2v) is 8.45. The fraction of sp³-hybridized carbons (Fsp3) is 0.130. The zero-order chi connectivity index (χ0) is 21.8. The minimum absolute atomic E-state index is 0.0343. The van der Waals surface area contributed by atoms with Crippen molar-refractivity contribution in [2.75, 3.05) is 6.61 Å². The number of amides is 1. The number of aromatic hydroxyl groups is 1. The van der Waals surface area contributed by atoms with Crippen molar-refractivity contribution >= 4 is 50.5 Å². The number of hydrogen-bond donors (Lipinski definition) is 1. The number of hydrogen-bond acceptors (Lipinski definition) is 6. The van der Waals surface area contributed by atoms with Crippen LogP contribution in [-0.4, -0.2) is 27.7 Å². The van der Waals surface area contributed by atoms with Crippen molar-refractivity contribution in [1.82, 2.24) is 4.90 Å². The second-order valence-electron chi connectivity index (χ2n) is 6.59. The summed E-state index contributed by atoms with van der Waals surface area (Å²) in [4.78, 5) is 20.0. The van der Waals surface area contributed by atoms with Gasteiger partial charge in [0.1, 0.15) is 5.76 Å². The van der Waals surface area contributed by atoms with Gasteiger partial charge in [0.25, 0.3) is 5.91 Å². The number of furan rings is 1. The van der Waals surface area contributed by atoms with Gasteiger partial charge in [-0.25, -0.2) is 4.99 Å². The van der Waals surface area contributed by atoms with Gasteiger partial charge < -0.3 is 14.3 Å². The normalized spacial score (nSPS) is 16.5. The Morgan fingerprint density at radius 3 is 2.74 bits per heavy atom. The molecule has 3 aromatic rings. The highest BCUT2D eigenvalue weighted by molar-refractivity contribution is 9.10. The molecule has 0 saturated carbocycles. The van der Waals surface area contributed by atoms with Crippen LogP contribution >= 0.6 is 27.7 Å². The first-order valence-corrected chi connectivity index (χ1v) is 11.2. The van der Waals surface area contributed by atoms with Crippen molar-refractivity contribution in [3.63, 3.8) is 0 Å². The van der Waals surface area contributed by atoms with Crippen molar-refractivity contribution in [3.05, 3.63) is 81.6 Å². The molecule has 8 heteroatoms. The Kier molecular flexibility index (Phi) is 6.48. The molecule has 0 unspecified atom stereocenters. The van der Waals surface area contributed by atoms with E-state index >= 15 is 0 Å². The molecule has 1 aliphatic rings. The summed E-state index contributed by atoms with van der Waals surface area (Å²) in [5.74, 6) is 0.889. The van der Waals surface area contributed by atoms with E-state index in [0.717, 1.165) is 11.3 Å². The summed E-state index contributed by atoms with van der Waals surface area (Å²) in [6.45, 7) is 2.54. The summed E-state index contributed by atoms with van der Waals surface area (Å²) in [5.41, 5.74) is 1.48. The molecule has 4 rings (SSSR count). The number of aliphatic imine (C=N–C) groups is 1. The average Bonchev–Trinajstić information content (AvgIpc) is 3.37. The molecule has 0 aliphatic carbocycles. The van der Waals surface area contributed by atoms with Gasteiger partial charge in [0.15, 0.2) is 16.7 Å². The quantitative estimate of drug-likeness (QED) is 0.425. The number of benzene rings is 2. The van der Waals surface area contributed by atoms with Crippen LogP contribution in [0.5, 0.6) is 11.5 Å². The van der Waals surface area contributed by atoms with Crippen LogP contribution in [0.3, 0.4) is 0 Å². The fourth-order valence-electron chi connectivity index (χ4n) is 2.98. The number of phenols is 1. The molecule has 1 aliphatic heterocycles. The van der Waals surface area contributed by atoms with E-state index in [9.17, 15) is 9.90 Å². The molecule has 6 nitrogen and oxygen atoms in total. The Bertz CT molecular complexity index is 1140. The minimum atomic E-state index is -0.172. The third-order valence-electron chi connectivity index (χ3n) is 4.43. The lowest BCUT2D eigenvalue weighted by Gasteiger charge is -2.13. The number of thioether (sulfide) groups is 1. The molecule has 1 fully saturated rings. The molecule has 1 aromatic heterocycles. The highest BCUT2D eigenvalue weighted by Gasteiger charge is 2.34. The van der Waals surface area contributed by atoms with E-state index in [1.54, 1.807) is 35.4 Å². The highest BCUT2D eigenvalue weighted by Crippen LogP contribution is 2.38. The van der Waals surface area contributed by atoms with Gasteiger partial charge in [0.05, 0.1) is 30.0 Å². The van der Waals surface area contributed by atoms with Crippen molar-refractivity contribution in [2.45, 2.75) is 13.5 Å². The van der Waals surface area contributed by atoms with Crippen molar-refractivity contribution in [2.24, 2.45) is 4.99 Å². The van der Waals surface area contributed by atoms with E-state index < -0.39 is 0 Å². The second kappa shape index (κ2) is 9.45. The van der Waals surface area contributed by atoms with Gasteiger partial charge in [-0.2, -0.15) is 0 Å². The topological polar surface area (TPSA) is 75.3 Å². The number of carbonyl (C=O) groups is 1. The van der Waals surface area contributed by atoms with Crippen LogP contribution in [0.4, 0.5) is 5.69 Å². The molecule has 1 N–H and O–H groups in total. The minimum Gasteiger partial charge on any atom is -0.504 e. The van der Waals surface area contributed by atoms with Crippen molar-refractivity contribution in [1.29, 1.82) is 0 Å². The maximum Gasteiger partial charge on any atom is 0.267 e. The first-order chi connectivity index (χ1) is 15.0. The molecule has 0 spiro atoms. The lowest BCUT2D eigenvalue weighted by Crippen LogP contribution is -2.28. The first kappa shape index (κ1) is 21.3. The molecule has 1 saturated heterocycles. The fourth-order valence-corrected chi connectivity index (χ4v) is 4.42. The smallest absolute Gasteiger partial charge is 0.267 e. The molecule has 158 valence electrons. The Balaban J connectivity index is 1.71. The number of ether oxygens (including phenoxy) is 1. The Labute approximate surface area is 192 Å². The lowest BCUT2D eigenvalue weighted by atomic mass is 10.2. The summed E-state index contributed by atoms with van der Waals surface area (Å²) in [6, 6.07) is 16.4. The molecule has 0 radical (unpaired) electrons. The Hall–Kier alpha value is -2.97. The van der Waals surface area contributed by atoms with Gasteiger partial charge in [0.2, 0.25) is 0 Å². The molecule has 0 bridgehead atoms. The standard InChI is InChI=1S/C23H19BrN2O4S/c1-2-29-20-11-15(18(24)13-19(20)27)12-21-22(28)26(14-17-9-6-10-30-17)23(31-21)25-16-7-4-3-5-8-16/h3-13,27H,2,14H2,1H3/b21-12-,25-23?. The number of rotatable bonds is 6. The van der Waals surface area contributed by atoms with Crippen molar-refractivity contribution < 1.29 is 19.1 Å². The molecular formula is C23H19BrN2O4S. The largest absolute Gasteiger partial charge is 0.504 e. The number of nitrogens with zero attached hydrogens (tertiary/aromatic N) is 2. The van der Waals surface area contributed by atoms with Gasteiger partial charge >= 0.3 is 0 Å². The van der Waals surface area contributed by atoms with Gasteiger partial charge in [-0.1, -0.05) is 34.1 Å². The molecule has 2 heterocycles. The van der Waals surface area contributed by atoms with E-state index in [1.807, 2.05) is 43.3 Å². The maximum absolute atomic E-state index is 13.2. The Morgan fingerprint density at radius 2 is 2.03 bits per heavy atom. The summed E-state index contributed by atoms with van der Waals surface area (Å²) in [5, 5.41) is 10.6. The van der Waals surface area contributed by atoms with Crippen LogP contribution in [-0.2, 0) is 11.3 Å². The van der Waals surface area contributed by atoms with Crippen LogP contribution in [0.25, 0.3) is 6.08 Å². The summed E-state index contributed by atoms with van der Waals surface area (Å²) < 4.78 is 11.6. The number of para-hydroxylation sites is 1. The first-order valence-electron chi connectivity index (χ1n) is 9.58. The third-order valence-corrected chi connectivity index (χ3v) is 6.12. The lowest BCUT2D eigenvalue weighted by molar-refractivity contribution is -0.122. The molecule has 2 aromatic carbocycles. The van der Waals surface area contributed by atoms with E-state index in [1.165, 1.54) is 11.8 Å². The highest BCUT2D eigenvalue weighted by atomic mass is 79.9. The number of phenolic OH excluding ortho intramolecular Hbond substituents is 1. The number of amidine groups is 1. The molecule has 1 amide bonds. The van der Waals surface area contributed by atoms with Crippen LogP contribution in [0.15, 0.2) is 79.6 Å². The van der Waals surface area contributed by atoms with Gasteiger partial charge in [-0.3, -0.25) is 9.69 Å². The van der Waals surface area contributed by atoms with Crippen LogP contribution < -0.4 is 4.74 Å². The van der Waals surface area contributed by atoms with E-state index in [-0.39, 0.29) is 18.2 Å². The predicted octanol–water partition coefficient (Wildman–Crippen LogP) is 5.95. The van der Waals surface area contributed by atoms with Crippen LogP contribution in [0.2, 0.25) is 0 Å². The molecule has 31 heavy (non-hydrogen) atoms. The Morgan fingerprint density at radius 1 is 1.23 bits per heavy atom. The third kappa shape index (κ3) is 4.86. The summed E-state index contributed by atoms with van der Waals surface area (Å²) in [6.07, 6.45) is 3.35. The van der Waals surface area contributed by atoms with Crippen LogP contribution in [0, 0.1) is 0 Å². The van der Waals surface area contributed by atoms with Gasteiger partial charge in [0, 0.05) is 4.47 Å². The number of carbonyl (C=O) groups excluding carboxylic acids is 1. The van der Waals surface area contributed by atoms with Gasteiger partial charge in [-0.05, 0) is 66.7 Å². The average molecular weight is 499 g/mol. The SMILES string of the molecule is CCOc1cc(/C=C2\SC(=Nc3ccccc3)N(Cc3ccco3)C2=O)c(Br)cc1O. The molecular weight excluding hydrogens is 480 g/mol. The number of halogens is 1. The van der Waals surface area contributed by atoms with E-state index in [2.05, 4.69) is 20.9 Å².